The Balaban J connectivity index is 2.85. The van der Waals surface area contributed by atoms with Crippen LogP contribution in [0, 0.1) is 0 Å². The van der Waals surface area contributed by atoms with E-state index in [0.29, 0.717) is 17.6 Å². The Kier molecular flexibility index (Phi) is 2.58. The van der Waals surface area contributed by atoms with Gasteiger partial charge in [0.05, 0.1) is 6.42 Å². The molecule has 0 aromatic rings. The van der Waals surface area contributed by atoms with Crippen LogP contribution in [0.2, 0.25) is 0 Å². The van der Waals surface area contributed by atoms with Gasteiger partial charge in [-0.2, -0.15) is 0 Å². The van der Waals surface area contributed by atoms with Crippen LogP contribution in [0.15, 0.2) is 23.3 Å². The molecular weight excluding hydrogens is 152 g/mol. The van der Waals surface area contributed by atoms with Gasteiger partial charge in [0.1, 0.15) is 0 Å². The Morgan fingerprint density at radius 2 is 2.00 bits per heavy atom. The molecule has 0 unspecified atom stereocenters. The maximum atomic E-state index is 11.2. The summed E-state index contributed by atoms with van der Waals surface area (Å²) in [5.41, 5.74) is 1.34. The normalized spacial score (nSPS) is 18.5. The van der Waals surface area contributed by atoms with E-state index >= 15 is 0 Å². The lowest BCUT2D eigenvalue weighted by molar-refractivity contribution is -0.121. The lowest BCUT2D eigenvalue weighted by atomic mass is 10.1. The molecular formula is C10H12O2. The van der Waals surface area contributed by atoms with Crippen molar-refractivity contribution in [2.75, 3.05) is 0 Å². The fraction of sp³-hybridized carbons (Fsp3) is 0.400. The van der Waals surface area contributed by atoms with Crippen molar-refractivity contribution in [3.8, 4) is 0 Å². The second-order valence-corrected chi connectivity index (χ2v) is 2.90. The molecule has 0 bridgehead atoms. The molecule has 0 fully saturated rings. The first-order valence-electron chi connectivity index (χ1n) is 4.04. The molecule has 1 aliphatic rings. The molecule has 0 spiro atoms. The van der Waals surface area contributed by atoms with Crippen molar-refractivity contribution in [1.82, 2.24) is 0 Å². The molecule has 0 aromatic carbocycles. The summed E-state index contributed by atoms with van der Waals surface area (Å²) in [6.07, 6.45) is 4.47. The first-order valence-corrected chi connectivity index (χ1v) is 4.04. The van der Waals surface area contributed by atoms with Gasteiger partial charge < -0.3 is 0 Å². The summed E-state index contributed by atoms with van der Waals surface area (Å²) in [5, 5.41) is 0. The van der Waals surface area contributed by atoms with Gasteiger partial charge in [0.25, 0.3) is 0 Å². The van der Waals surface area contributed by atoms with Gasteiger partial charge >= 0.3 is 0 Å². The zero-order valence-electron chi connectivity index (χ0n) is 7.39. The number of hydrogen-bond donors (Lipinski definition) is 0. The van der Waals surface area contributed by atoms with E-state index < -0.39 is 0 Å². The Bertz CT molecular complexity index is 282. The van der Waals surface area contributed by atoms with E-state index in [-0.39, 0.29) is 18.0 Å². The Morgan fingerprint density at radius 3 is 2.42 bits per heavy atom. The van der Waals surface area contributed by atoms with Crippen molar-refractivity contribution in [3.63, 3.8) is 0 Å². The fourth-order valence-corrected chi connectivity index (χ4v) is 1.27. The summed E-state index contributed by atoms with van der Waals surface area (Å²) in [4.78, 5) is 22.2. The van der Waals surface area contributed by atoms with Gasteiger partial charge in [-0.05, 0) is 25.8 Å². The Labute approximate surface area is 72.0 Å². The van der Waals surface area contributed by atoms with E-state index in [1.807, 2.05) is 19.1 Å². The predicted molar refractivity (Wildman–Crippen MR) is 46.8 cm³/mol. The SMILES string of the molecule is C/C=C/CC1=C(C)C(=O)CC1=O. The summed E-state index contributed by atoms with van der Waals surface area (Å²) < 4.78 is 0. The molecule has 1 aliphatic carbocycles. The molecule has 0 saturated carbocycles. The second kappa shape index (κ2) is 3.48. The van der Waals surface area contributed by atoms with Crippen LogP contribution in [0.3, 0.4) is 0 Å². The third kappa shape index (κ3) is 1.52. The Morgan fingerprint density at radius 1 is 1.33 bits per heavy atom. The molecule has 0 aromatic heterocycles. The maximum absolute atomic E-state index is 11.2. The number of Topliss-reactive ketones (excluding diaryl/α,β-unsaturated/α-hetero) is 2. The molecule has 12 heavy (non-hydrogen) atoms. The van der Waals surface area contributed by atoms with Gasteiger partial charge in [-0.15, -0.1) is 0 Å². The average Bonchev–Trinajstić information content (AvgIpc) is 2.25. The molecule has 0 amide bonds. The number of carbonyl (C=O) groups is 2. The molecule has 1 rings (SSSR count). The predicted octanol–water partition coefficient (Wildman–Crippen LogP) is 1.81. The third-order valence-corrected chi connectivity index (χ3v) is 2.09. The highest BCUT2D eigenvalue weighted by Crippen LogP contribution is 2.22. The summed E-state index contributed by atoms with van der Waals surface area (Å²) >= 11 is 0. The number of carbonyl (C=O) groups excluding carboxylic acids is 2. The lowest BCUT2D eigenvalue weighted by Gasteiger charge is -1.94. The minimum atomic E-state index is -0.0143. The van der Waals surface area contributed by atoms with Crippen LogP contribution in [0.25, 0.3) is 0 Å². The van der Waals surface area contributed by atoms with Crippen LogP contribution in [0.5, 0.6) is 0 Å². The smallest absolute Gasteiger partial charge is 0.167 e. The highest BCUT2D eigenvalue weighted by Gasteiger charge is 2.25. The highest BCUT2D eigenvalue weighted by molar-refractivity contribution is 6.22. The largest absolute Gasteiger partial charge is 0.294 e. The van der Waals surface area contributed by atoms with E-state index in [2.05, 4.69) is 0 Å². The Hall–Kier alpha value is -1.18. The minimum Gasteiger partial charge on any atom is -0.294 e. The van der Waals surface area contributed by atoms with Crippen molar-refractivity contribution in [1.29, 1.82) is 0 Å². The average molecular weight is 164 g/mol. The zero-order chi connectivity index (χ0) is 9.14. The number of allylic oxidation sites excluding steroid dienone is 4. The van der Waals surface area contributed by atoms with Gasteiger partial charge in [-0.3, -0.25) is 9.59 Å². The summed E-state index contributed by atoms with van der Waals surface area (Å²) in [5.74, 6) is -0.0184. The summed E-state index contributed by atoms with van der Waals surface area (Å²) in [6.45, 7) is 3.63. The number of ketones is 2. The number of rotatable bonds is 2. The monoisotopic (exact) mass is 164 g/mol. The van der Waals surface area contributed by atoms with Gasteiger partial charge in [-0.25, -0.2) is 0 Å². The first-order chi connectivity index (χ1) is 5.66. The molecule has 64 valence electrons. The molecule has 0 aliphatic heterocycles. The van der Waals surface area contributed by atoms with Crippen LogP contribution in [0.1, 0.15) is 26.7 Å². The topological polar surface area (TPSA) is 34.1 Å². The van der Waals surface area contributed by atoms with Crippen LogP contribution in [-0.2, 0) is 9.59 Å². The van der Waals surface area contributed by atoms with Crippen LogP contribution in [0.4, 0.5) is 0 Å². The minimum absolute atomic E-state index is 0.00407. The molecule has 2 nitrogen and oxygen atoms in total. The van der Waals surface area contributed by atoms with Crippen molar-refractivity contribution < 1.29 is 9.59 Å². The lowest BCUT2D eigenvalue weighted by Crippen LogP contribution is -1.96. The van der Waals surface area contributed by atoms with E-state index in [4.69, 9.17) is 0 Å². The standard InChI is InChI=1S/C10H12O2/c1-3-4-5-8-7(2)9(11)6-10(8)12/h3-4H,5-6H2,1-2H3/b4-3+. The van der Waals surface area contributed by atoms with Crippen LogP contribution < -0.4 is 0 Å². The van der Waals surface area contributed by atoms with Gasteiger partial charge in [0.2, 0.25) is 0 Å². The molecule has 0 heterocycles. The molecule has 0 radical (unpaired) electrons. The molecule has 0 atom stereocenters. The first kappa shape index (κ1) is 8.91. The summed E-state index contributed by atoms with van der Waals surface area (Å²) in [7, 11) is 0. The van der Waals surface area contributed by atoms with Gasteiger partial charge in [0.15, 0.2) is 11.6 Å². The van der Waals surface area contributed by atoms with Crippen molar-refractivity contribution in [3.05, 3.63) is 23.3 Å². The van der Waals surface area contributed by atoms with Crippen molar-refractivity contribution in [2.45, 2.75) is 26.7 Å². The van der Waals surface area contributed by atoms with Gasteiger partial charge in [0, 0.05) is 5.57 Å². The quantitative estimate of drug-likeness (QED) is 0.460. The fourth-order valence-electron chi connectivity index (χ4n) is 1.27. The van der Waals surface area contributed by atoms with Crippen LogP contribution >= 0.6 is 0 Å². The van der Waals surface area contributed by atoms with E-state index in [0.717, 1.165) is 0 Å². The summed E-state index contributed by atoms with van der Waals surface area (Å²) in [6, 6.07) is 0. The van der Waals surface area contributed by atoms with Crippen molar-refractivity contribution >= 4 is 11.6 Å². The second-order valence-electron chi connectivity index (χ2n) is 2.90. The van der Waals surface area contributed by atoms with Gasteiger partial charge in [-0.1, -0.05) is 12.2 Å². The molecule has 0 saturated heterocycles. The molecule has 0 N–H and O–H groups in total. The third-order valence-electron chi connectivity index (χ3n) is 2.09. The maximum Gasteiger partial charge on any atom is 0.167 e. The number of hydrogen-bond acceptors (Lipinski definition) is 2. The van der Waals surface area contributed by atoms with E-state index in [9.17, 15) is 9.59 Å². The highest BCUT2D eigenvalue weighted by atomic mass is 16.2. The van der Waals surface area contributed by atoms with Crippen molar-refractivity contribution in [2.24, 2.45) is 0 Å². The molecule has 2 heteroatoms. The zero-order valence-corrected chi connectivity index (χ0v) is 7.39. The van der Waals surface area contributed by atoms with Crippen LogP contribution in [-0.4, -0.2) is 11.6 Å². The van der Waals surface area contributed by atoms with E-state index in [1.54, 1.807) is 6.92 Å². The van der Waals surface area contributed by atoms with E-state index in [1.165, 1.54) is 0 Å².